The number of pyridine rings is 1. The summed E-state index contributed by atoms with van der Waals surface area (Å²) in [5, 5.41) is 12.1. The Labute approximate surface area is 181 Å². The van der Waals surface area contributed by atoms with Gasteiger partial charge in [0.15, 0.2) is 11.6 Å². The summed E-state index contributed by atoms with van der Waals surface area (Å²) in [5.74, 6) is -3.54. The van der Waals surface area contributed by atoms with E-state index in [1.165, 1.54) is 42.6 Å². The maximum absolute atomic E-state index is 14.8. The number of hydrogen-bond donors (Lipinski definition) is 3. The van der Waals surface area contributed by atoms with Gasteiger partial charge >= 0.3 is 0 Å². The maximum Gasteiger partial charge on any atom is 0.241 e. The number of aromatic nitrogens is 2. The maximum atomic E-state index is 14.8. The molecule has 158 valence electrons. The molecule has 2 aromatic carbocycles. The molecule has 0 saturated carbocycles. The van der Waals surface area contributed by atoms with Gasteiger partial charge in [0, 0.05) is 18.1 Å². The molecule has 8 nitrogen and oxygen atoms in total. The molecule has 0 fully saturated rings. The molecule has 0 saturated heterocycles. The van der Waals surface area contributed by atoms with Gasteiger partial charge in [-0.15, -0.1) is 0 Å². The van der Waals surface area contributed by atoms with E-state index in [0.717, 1.165) is 6.07 Å². The van der Waals surface area contributed by atoms with Crippen molar-refractivity contribution < 1.29 is 18.7 Å². The first-order valence-corrected chi connectivity index (χ1v) is 9.46. The number of carbonyl (C=O) groups is 2. The van der Waals surface area contributed by atoms with Gasteiger partial charge in [-0.2, -0.15) is 5.26 Å². The second-order valence-electron chi connectivity index (χ2n) is 6.85. The van der Waals surface area contributed by atoms with E-state index in [2.05, 4.69) is 15.3 Å². The van der Waals surface area contributed by atoms with Gasteiger partial charge in [0.25, 0.3) is 0 Å². The van der Waals surface area contributed by atoms with Crippen molar-refractivity contribution in [1.29, 1.82) is 5.26 Å². The summed E-state index contributed by atoms with van der Waals surface area (Å²) >= 11 is 0. The molecule has 2 amide bonds. The quantitative estimate of drug-likeness (QED) is 0.403. The van der Waals surface area contributed by atoms with Crippen molar-refractivity contribution in [2.24, 2.45) is 5.73 Å². The Morgan fingerprint density at radius 1 is 1.12 bits per heavy atom. The summed E-state index contributed by atoms with van der Waals surface area (Å²) in [6, 6.07) is 15.1. The molecule has 4 rings (SSSR count). The number of carbonyl (C=O) groups excluding carboxylic acids is 2. The van der Waals surface area contributed by atoms with E-state index in [4.69, 9.17) is 15.7 Å². The van der Waals surface area contributed by atoms with Crippen molar-refractivity contribution in [1.82, 2.24) is 9.97 Å². The van der Waals surface area contributed by atoms with E-state index in [-0.39, 0.29) is 11.3 Å². The third-order valence-electron chi connectivity index (χ3n) is 4.76. The fourth-order valence-corrected chi connectivity index (χ4v) is 3.21. The third kappa shape index (κ3) is 4.11. The number of ether oxygens (including phenoxy) is 1. The summed E-state index contributed by atoms with van der Waals surface area (Å²) in [7, 11) is 0. The van der Waals surface area contributed by atoms with Crippen LogP contribution in [0.4, 0.5) is 10.1 Å². The molecule has 4 aromatic rings. The van der Waals surface area contributed by atoms with Crippen LogP contribution in [-0.4, -0.2) is 21.8 Å². The Morgan fingerprint density at radius 3 is 2.59 bits per heavy atom. The lowest BCUT2D eigenvalue weighted by molar-refractivity contribution is -0.127. The standard InChI is InChI=1S/C23H16FN5O3/c24-17-11-14(3-6-19(17)32-18-8-10-28-22-16(18)7-9-27-22)20(21(26)30)23(31)29-15-4-1-13(12-25)2-5-15/h1-11,20H,(H2,26,30)(H,27,28)(H,29,31). The Bertz CT molecular complexity index is 1360. The van der Waals surface area contributed by atoms with Crippen molar-refractivity contribution in [3.63, 3.8) is 0 Å². The molecule has 0 spiro atoms. The predicted molar refractivity (Wildman–Crippen MR) is 114 cm³/mol. The minimum absolute atomic E-state index is 0.0787. The normalized spacial score (nSPS) is 11.5. The number of hydrogen-bond acceptors (Lipinski definition) is 5. The van der Waals surface area contributed by atoms with Crippen molar-refractivity contribution in [2.45, 2.75) is 5.92 Å². The summed E-state index contributed by atoms with van der Waals surface area (Å²) < 4.78 is 20.5. The van der Waals surface area contributed by atoms with E-state index < -0.39 is 23.5 Å². The number of nitriles is 1. The monoisotopic (exact) mass is 429 g/mol. The average molecular weight is 429 g/mol. The summed E-state index contributed by atoms with van der Waals surface area (Å²) in [6.45, 7) is 0. The number of aromatic amines is 1. The second-order valence-corrected chi connectivity index (χ2v) is 6.85. The van der Waals surface area contributed by atoms with E-state index in [0.29, 0.717) is 28.0 Å². The zero-order valence-corrected chi connectivity index (χ0v) is 16.5. The predicted octanol–water partition coefficient (Wildman–Crippen LogP) is 3.57. The SMILES string of the molecule is N#Cc1ccc(NC(=O)C(C(N)=O)c2ccc(Oc3ccnc4[nH]ccc34)c(F)c2)cc1. The Morgan fingerprint density at radius 2 is 1.91 bits per heavy atom. The zero-order valence-electron chi connectivity index (χ0n) is 16.5. The first-order chi connectivity index (χ1) is 15.5. The number of halogens is 1. The minimum Gasteiger partial charge on any atom is -0.453 e. The van der Waals surface area contributed by atoms with E-state index in [9.17, 15) is 14.0 Å². The van der Waals surface area contributed by atoms with E-state index in [1.54, 1.807) is 18.3 Å². The lowest BCUT2D eigenvalue weighted by Gasteiger charge is -2.15. The van der Waals surface area contributed by atoms with E-state index >= 15 is 0 Å². The number of amides is 2. The highest BCUT2D eigenvalue weighted by Crippen LogP contribution is 2.31. The number of H-pyrrole nitrogens is 1. The van der Waals surface area contributed by atoms with Gasteiger partial charge in [0.1, 0.15) is 17.3 Å². The lowest BCUT2D eigenvalue weighted by atomic mass is 9.97. The number of nitrogens with zero attached hydrogens (tertiary/aromatic N) is 2. The topological polar surface area (TPSA) is 134 Å². The van der Waals surface area contributed by atoms with E-state index in [1.807, 2.05) is 6.07 Å². The van der Waals surface area contributed by atoms with Crippen LogP contribution in [-0.2, 0) is 9.59 Å². The van der Waals surface area contributed by atoms with Gasteiger partial charge in [-0.1, -0.05) is 6.07 Å². The molecule has 1 atom stereocenters. The number of nitrogens with two attached hydrogens (primary N) is 1. The number of nitrogens with one attached hydrogen (secondary N) is 2. The number of anilines is 1. The third-order valence-corrected chi connectivity index (χ3v) is 4.76. The van der Waals surface area contributed by atoms with Crippen molar-refractivity contribution in [3.8, 4) is 17.6 Å². The Hall–Kier alpha value is -4.71. The molecular weight excluding hydrogens is 413 g/mol. The highest BCUT2D eigenvalue weighted by atomic mass is 19.1. The van der Waals surface area contributed by atoms with Crippen LogP contribution in [0.25, 0.3) is 11.0 Å². The van der Waals surface area contributed by atoms with Gasteiger partial charge in [-0.3, -0.25) is 9.59 Å². The van der Waals surface area contributed by atoms with Gasteiger partial charge in [-0.05, 0) is 54.1 Å². The second kappa shape index (κ2) is 8.57. The number of benzene rings is 2. The molecule has 4 N–H and O–H groups in total. The molecule has 32 heavy (non-hydrogen) atoms. The van der Waals surface area contributed by atoms with Gasteiger partial charge in [0.05, 0.1) is 17.0 Å². The fourth-order valence-electron chi connectivity index (χ4n) is 3.21. The first kappa shape index (κ1) is 20.6. The van der Waals surface area contributed by atoms with Crippen LogP contribution in [0.15, 0.2) is 67.0 Å². The average Bonchev–Trinajstić information content (AvgIpc) is 3.26. The Kier molecular flexibility index (Phi) is 5.51. The van der Waals surface area contributed by atoms with Gasteiger partial charge < -0.3 is 20.8 Å². The largest absolute Gasteiger partial charge is 0.453 e. The van der Waals surface area contributed by atoms with Gasteiger partial charge in [0.2, 0.25) is 11.8 Å². The van der Waals surface area contributed by atoms with Crippen LogP contribution < -0.4 is 15.8 Å². The molecule has 9 heteroatoms. The summed E-state index contributed by atoms with van der Waals surface area (Å²) in [5.41, 5.74) is 6.88. The lowest BCUT2D eigenvalue weighted by Crippen LogP contribution is -2.32. The van der Waals surface area contributed by atoms with Crippen LogP contribution in [0.1, 0.15) is 17.0 Å². The number of rotatable bonds is 6. The fraction of sp³-hybridized carbons (Fsp3) is 0.0435. The Balaban J connectivity index is 1.57. The van der Waals surface area contributed by atoms with Crippen LogP contribution in [0, 0.1) is 17.1 Å². The molecule has 0 aliphatic heterocycles. The van der Waals surface area contributed by atoms with Crippen molar-refractivity contribution >= 4 is 28.5 Å². The zero-order chi connectivity index (χ0) is 22.7. The van der Waals surface area contributed by atoms with Crippen LogP contribution in [0.3, 0.4) is 0 Å². The van der Waals surface area contributed by atoms with Crippen molar-refractivity contribution in [2.75, 3.05) is 5.32 Å². The molecule has 0 bridgehead atoms. The molecular formula is C23H16FN5O3. The summed E-state index contributed by atoms with van der Waals surface area (Å²) in [6.07, 6.45) is 3.21. The molecule has 0 aliphatic rings. The molecule has 0 radical (unpaired) electrons. The molecule has 2 heterocycles. The summed E-state index contributed by atoms with van der Waals surface area (Å²) in [4.78, 5) is 31.7. The highest BCUT2D eigenvalue weighted by Gasteiger charge is 2.28. The minimum atomic E-state index is -1.42. The molecule has 1 unspecified atom stereocenters. The van der Waals surface area contributed by atoms with Gasteiger partial charge in [-0.25, -0.2) is 9.37 Å². The number of primary amides is 1. The van der Waals surface area contributed by atoms with Crippen LogP contribution in [0.5, 0.6) is 11.5 Å². The smallest absolute Gasteiger partial charge is 0.241 e. The van der Waals surface area contributed by atoms with Crippen LogP contribution >= 0.6 is 0 Å². The molecule has 2 aromatic heterocycles. The van der Waals surface area contributed by atoms with Crippen LogP contribution in [0.2, 0.25) is 0 Å². The first-order valence-electron chi connectivity index (χ1n) is 9.46. The highest BCUT2D eigenvalue weighted by molar-refractivity contribution is 6.10. The molecule has 0 aliphatic carbocycles. The van der Waals surface area contributed by atoms with Crippen molar-refractivity contribution in [3.05, 3.63) is 83.9 Å². The number of fused-ring (bicyclic) bond motifs is 1.